The lowest BCUT2D eigenvalue weighted by atomic mass is 9.78. The van der Waals surface area contributed by atoms with Crippen LogP contribution in [0.5, 0.6) is 0 Å². The van der Waals surface area contributed by atoms with Gasteiger partial charge in [-0.15, -0.1) is 0 Å². The molecule has 0 radical (unpaired) electrons. The van der Waals surface area contributed by atoms with Gasteiger partial charge in [0.05, 0.1) is 0 Å². The van der Waals surface area contributed by atoms with Gasteiger partial charge < -0.3 is 0 Å². The second-order valence-corrected chi connectivity index (χ2v) is 2.68. The van der Waals surface area contributed by atoms with Crippen LogP contribution in [0.3, 0.4) is 0 Å². The van der Waals surface area contributed by atoms with Crippen LogP contribution in [0.2, 0.25) is 6.82 Å². The molecule has 0 bridgehead atoms. The molecule has 1 rings (SSSR count). The predicted molar refractivity (Wildman–Crippen MR) is 37.0 cm³/mol. The zero-order chi connectivity index (χ0) is 5.28. The van der Waals surface area contributed by atoms with Gasteiger partial charge in [-0.05, 0) is 6.26 Å². The molecule has 0 aromatic heterocycles. The number of hydrogen-bond acceptors (Lipinski definition) is 2. The lowest BCUT2D eigenvalue weighted by molar-refractivity contribution is 0.928. The molecule has 1 fully saturated rings. The molecule has 2 unspecified atom stereocenters. The van der Waals surface area contributed by atoms with Crippen molar-refractivity contribution in [3.8, 4) is 0 Å². The molecule has 40 valence electrons. The summed E-state index contributed by atoms with van der Waals surface area (Å²) in [6.45, 7) is 3.55. The van der Waals surface area contributed by atoms with Crippen molar-refractivity contribution in [3.05, 3.63) is 0 Å². The average Bonchev–Trinajstić information content (AvgIpc) is 2.43. The highest BCUT2D eigenvalue weighted by molar-refractivity contribution is 7.96. The molecule has 0 aliphatic carbocycles. The molecule has 1 aliphatic rings. The monoisotopic (exact) mass is 115 g/mol. The Morgan fingerprint density at radius 3 is 2.71 bits per heavy atom. The minimum absolute atomic E-state index is 0.912. The number of rotatable bonds is 2. The fourth-order valence-corrected chi connectivity index (χ4v) is 1.49. The zero-order valence-electron chi connectivity index (χ0n) is 4.85. The van der Waals surface area contributed by atoms with Gasteiger partial charge in [0.15, 0.2) is 0 Å². The second kappa shape index (κ2) is 2.10. The Balaban J connectivity index is 2.06. The van der Waals surface area contributed by atoms with Crippen LogP contribution >= 0.6 is 11.9 Å². The van der Waals surface area contributed by atoms with E-state index in [2.05, 4.69) is 17.4 Å². The van der Waals surface area contributed by atoms with Crippen LogP contribution in [0.4, 0.5) is 0 Å². The van der Waals surface area contributed by atoms with Gasteiger partial charge in [-0.1, -0.05) is 18.8 Å². The van der Waals surface area contributed by atoms with E-state index >= 15 is 0 Å². The van der Waals surface area contributed by atoms with Crippen molar-refractivity contribution in [2.24, 2.45) is 0 Å². The van der Waals surface area contributed by atoms with Crippen LogP contribution < -0.4 is 0 Å². The average molecular weight is 115 g/mol. The van der Waals surface area contributed by atoms with E-state index in [1.165, 1.54) is 13.8 Å². The third kappa shape index (κ3) is 1.13. The van der Waals surface area contributed by atoms with Crippen molar-refractivity contribution in [3.63, 3.8) is 0 Å². The summed E-state index contributed by atoms with van der Waals surface area (Å²) in [5.74, 6) is 0.912. The highest BCUT2D eigenvalue weighted by atomic mass is 32.2. The Bertz CT molecular complexity index is 60.7. The molecule has 7 heavy (non-hydrogen) atoms. The zero-order valence-corrected chi connectivity index (χ0v) is 5.66. The van der Waals surface area contributed by atoms with Crippen molar-refractivity contribution in [1.29, 1.82) is 0 Å². The van der Waals surface area contributed by atoms with Crippen LogP contribution in [-0.2, 0) is 0 Å². The van der Waals surface area contributed by atoms with E-state index in [-0.39, 0.29) is 0 Å². The van der Waals surface area contributed by atoms with Crippen molar-refractivity contribution in [2.75, 3.05) is 12.8 Å². The SMILES string of the molecule is CBC1CN1SC. The first-order valence-corrected chi connectivity index (χ1v) is 3.87. The Labute approximate surface area is 49.8 Å². The minimum atomic E-state index is 0.912. The highest BCUT2D eigenvalue weighted by Gasteiger charge is 2.31. The molecular formula is C4H10BNS. The van der Waals surface area contributed by atoms with Gasteiger partial charge in [0.2, 0.25) is 0 Å². The highest BCUT2D eigenvalue weighted by Crippen LogP contribution is 2.23. The molecule has 1 saturated heterocycles. The van der Waals surface area contributed by atoms with Gasteiger partial charge in [0, 0.05) is 12.5 Å². The van der Waals surface area contributed by atoms with E-state index < -0.39 is 0 Å². The smallest absolute Gasteiger partial charge is 0.142 e. The van der Waals surface area contributed by atoms with Crippen LogP contribution in [0, 0.1) is 0 Å². The third-order valence-electron chi connectivity index (χ3n) is 1.37. The minimum Gasteiger partial charge on any atom is -0.253 e. The Hall–Kier alpha value is 0.375. The molecule has 0 spiro atoms. The summed E-state index contributed by atoms with van der Waals surface area (Å²) in [6, 6.07) is 0. The standard InChI is InChI=1S/C4H10BNS/c1-5-4-3-6(4)7-2/h4-5H,3H2,1-2H3. The molecular weight excluding hydrogens is 105 g/mol. The molecule has 1 aliphatic heterocycles. The molecule has 1 heterocycles. The molecule has 0 amide bonds. The first-order chi connectivity index (χ1) is 3.38. The normalized spacial score (nSPS) is 38.0. The van der Waals surface area contributed by atoms with Crippen molar-refractivity contribution in [1.82, 2.24) is 4.31 Å². The fourth-order valence-electron chi connectivity index (χ4n) is 0.717. The van der Waals surface area contributed by atoms with Crippen molar-refractivity contribution >= 4 is 19.2 Å². The molecule has 2 atom stereocenters. The fraction of sp³-hybridized carbons (Fsp3) is 1.00. The predicted octanol–water partition coefficient (Wildman–Crippen LogP) is 0.391. The summed E-state index contributed by atoms with van der Waals surface area (Å²) in [5, 5.41) is 0. The van der Waals surface area contributed by atoms with E-state index in [0.717, 1.165) is 5.94 Å². The molecule has 3 heteroatoms. The quantitative estimate of drug-likeness (QED) is 0.291. The Kier molecular flexibility index (Phi) is 1.65. The molecule has 0 saturated carbocycles. The summed E-state index contributed by atoms with van der Waals surface area (Å²) in [6.07, 6.45) is 2.13. The third-order valence-corrected chi connectivity index (χ3v) is 2.29. The lowest BCUT2D eigenvalue weighted by Crippen LogP contribution is -1.97. The molecule has 0 aromatic rings. The first kappa shape index (κ1) is 5.51. The van der Waals surface area contributed by atoms with E-state index in [1.807, 2.05) is 11.9 Å². The maximum absolute atomic E-state index is 2.39. The van der Waals surface area contributed by atoms with Gasteiger partial charge in [0.1, 0.15) is 7.28 Å². The summed E-state index contributed by atoms with van der Waals surface area (Å²) < 4.78 is 2.39. The van der Waals surface area contributed by atoms with Gasteiger partial charge in [-0.3, -0.25) is 4.31 Å². The van der Waals surface area contributed by atoms with Gasteiger partial charge in [-0.25, -0.2) is 0 Å². The first-order valence-electron chi connectivity index (χ1n) is 2.69. The maximum Gasteiger partial charge on any atom is 0.142 e. The largest absolute Gasteiger partial charge is 0.253 e. The maximum atomic E-state index is 2.39. The van der Waals surface area contributed by atoms with E-state index in [1.54, 1.807) is 0 Å². The Morgan fingerprint density at radius 2 is 2.57 bits per heavy atom. The summed E-state index contributed by atoms with van der Waals surface area (Å²) in [7, 11) is 1.32. The Morgan fingerprint density at radius 1 is 1.86 bits per heavy atom. The summed E-state index contributed by atoms with van der Waals surface area (Å²) in [5.41, 5.74) is 0. The number of nitrogens with zero attached hydrogens (tertiary/aromatic N) is 1. The van der Waals surface area contributed by atoms with Crippen LogP contribution in [0.15, 0.2) is 0 Å². The molecule has 1 nitrogen and oxygen atoms in total. The van der Waals surface area contributed by atoms with E-state index in [0.29, 0.717) is 0 Å². The second-order valence-electron chi connectivity index (χ2n) is 1.84. The van der Waals surface area contributed by atoms with E-state index in [4.69, 9.17) is 0 Å². The van der Waals surface area contributed by atoms with Gasteiger partial charge in [-0.2, -0.15) is 0 Å². The summed E-state index contributed by atoms with van der Waals surface area (Å²) >= 11 is 1.86. The van der Waals surface area contributed by atoms with Gasteiger partial charge >= 0.3 is 0 Å². The van der Waals surface area contributed by atoms with Crippen LogP contribution in [0.25, 0.3) is 0 Å². The van der Waals surface area contributed by atoms with Crippen LogP contribution in [0.1, 0.15) is 0 Å². The van der Waals surface area contributed by atoms with Crippen LogP contribution in [-0.4, -0.2) is 30.3 Å². The number of hydrogen-bond donors (Lipinski definition) is 0. The lowest BCUT2D eigenvalue weighted by Gasteiger charge is -1.89. The topological polar surface area (TPSA) is 3.01 Å². The van der Waals surface area contributed by atoms with Crippen molar-refractivity contribution in [2.45, 2.75) is 12.8 Å². The molecule has 0 aromatic carbocycles. The molecule has 0 N–H and O–H groups in total. The summed E-state index contributed by atoms with van der Waals surface area (Å²) in [4.78, 5) is 0. The van der Waals surface area contributed by atoms with E-state index in [9.17, 15) is 0 Å². The van der Waals surface area contributed by atoms with Gasteiger partial charge in [0.25, 0.3) is 0 Å². The van der Waals surface area contributed by atoms with Crippen molar-refractivity contribution < 1.29 is 0 Å².